The van der Waals surface area contributed by atoms with Crippen LogP contribution in [0.3, 0.4) is 0 Å². The van der Waals surface area contributed by atoms with Crippen molar-refractivity contribution in [3.05, 3.63) is 40.0 Å². The van der Waals surface area contributed by atoms with Crippen molar-refractivity contribution in [3.63, 3.8) is 0 Å². The van der Waals surface area contributed by atoms with Crippen LogP contribution < -0.4 is 5.69 Å². The van der Waals surface area contributed by atoms with Gasteiger partial charge in [-0.15, -0.1) is 0 Å². The maximum Gasteiger partial charge on any atom is 0.373 e. The lowest BCUT2D eigenvalue weighted by Crippen LogP contribution is -2.38. The number of aryl methyl sites for hydroxylation is 1. The van der Waals surface area contributed by atoms with Crippen LogP contribution in [0, 0.1) is 0 Å². The molecular weight excluding hydrogens is 288 g/mol. The molecular formula is C14H18N4O4. The van der Waals surface area contributed by atoms with E-state index < -0.39 is 5.97 Å². The number of carbonyl (C=O) groups is 1. The summed E-state index contributed by atoms with van der Waals surface area (Å²) < 4.78 is 13.2. The van der Waals surface area contributed by atoms with Gasteiger partial charge >= 0.3 is 11.7 Å². The predicted octanol–water partition coefficient (Wildman–Crippen LogP) is 0.538. The molecule has 2 aromatic rings. The molecule has 2 aromatic heterocycles. The van der Waals surface area contributed by atoms with Gasteiger partial charge in [-0.05, 0) is 19.1 Å². The van der Waals surface area contributed by atoms with Crippen molar-refractivity contribution in [2.24, 2.45) is 7.05 Å². The summed E-state index contributed by atoms with van der Waals surface area (Å²) in [4.78, 5) is 25.4. The second-order valence-corrected chi connectivity index (χ2v) is 5.31. The normalized spacial score (nSPS) is 16.3. The van der Waals surface area contributed by atoms with Crippen molar-refractivity contribution < 1.29 is 13.9 Å². The van der Waals surface area contributed by atoms with E-state index >= 15 is 0 Å². The van der Waals surface area contributed by atoms with Crippen LogP contribution in [0.5, 0.6) is 0 Å². The van der Waals surface area contributed by atoms with E-state index in [1.165, 1.54) is 11.8 Å². The highest BCUT2D eigenvalue weighted by Gasteiger charge is 2.27. The number of ether oxygens (including phenoxy) is 1. The summed E-state index contributed by atoms with van der Waals surface area (Å²) >= 11 is 0. The monoisotopic (exact) mass is 306 g/mol. The zero-order valence-corrected chi connectivity index (χ0v) is 12.8. The molecule has 22 heavy (non-hydrogen) atoms. The lowest BCUT2D eigenvalue weighted by Gasteiger charge is -2.30. The largest absolute Gasteiger partial charge is 0.463 e. The van der Waals surface area contributed by atoms with E-state index in [1.807, 2.05) is 6.92 Å². The van der Waals surface area contributed by atoms with Crippen LogP contribution in [-0.4, -0.2) is 38.9 Å². The zero-order valence-electron chi connectivity index (χ0n) is 12.8. The number of nitrogens with zero attached hydrogens (tertiary/aromatic N) is 4. The molecule has 0 amide bonds. The molecule has 0 unspecified atom stereocenters. The van der Waals surface area contributed by atoms with Gasteiger partial charge in [0.25, 0.3) is 0 Å². The maximum absolute atomic E-state index is 11.8. The van der Waals surface area contributed by atoms with Crippen molar-refractivity contribution in [2.45, 2.75) is 26.1 Å². The fourth-order valence-electron chi connectivity index (χ4n) is 2.68. The lowest BCUT2D eigenvalue weighted by atomic mass is 10.2. The van der Waals surface area contributed by atoms with Gasteiger partial charge in [0.15, 0.2) is 0 Å². The zero-order chi connectivity index (χ0) is 15.9. The average Bonchev–Trinajstić information content (AvgIpc) is 3.11. The molecule has 0 radical (unpaired) electrons. The van der Waals surface area contributed by atoms with Crippen molar-refractivity contribution in [3.8, 4) is 0 Å². The smallest absolute Gasteiger partial charge is 0.373 e. The third-order valence-electron chi connectivity index (χ3n) is 4.01. The van der Waals surface area contributed by atoms with Gasteiger partial charge in [0, 0.05) is 20.1 Å². The molecule has 0 spiro atoms. The summed E-state index contributed by atoms with van der Waals surface area (Å²) in [6, 6.07) is 3.36. The summed E-state index contributed by atoms with van der Waals surface area (Å²) in [5, 5.41) is 4.24. The second-order valence-electron chi connectivity index (χ2n) is 5.31. The molecule has 0 saturated heterocycles. The lowest BCUT2D eigenvalue weighted by molar-refractivity contribution is 0.0557. The molecule has 3 rings (SSSR count). The Labute approximate surface area is 126 Å². The van der Waals surface area contributed by atoms with Gasteiger partial charge in [0.2, 0.25) is 5.76 Å². The van der Waals surface area contributed by atoms with Crippen molar-refractivity contribution in [1.29, 1.82) is 0 Å². The molecule has 0 bridgehead atoms. The van der Waals surface area contributed by atoms with Crippen LogP contribution in [0.15, 0.2) is 21.3 Å². The second kappa shape index (κ2) is 5.45. The fraction of sp³-hybridized carbons (Fsp3) is 0.500. The molecule has 1 atom stereocenters. The number of furan rings is 1. The molecule has 0 fully saturated rings. The van der Waals surface area contributed by atoms with Crippen molar-refractivity contribution in [1.82, 2.24) is 19.2 Å². The minimum Gasteiger partial charge on any atom is -0.463 e. The minimum atomic E-state index is -0.490. The first-order valence-electron chi connectivity index (χ1n) is 7.06. The minimum absolute atomic E-state index is 0.0238. The highest BCUT2D eigenvalue weighted by atomic mass is 16.5. The Morgan fingerprint density at radius 2 is 2.18 bits per heavy atom. The van der Waals surface area contributed by atoms with Crippen LogP contribution in [0.2, 0.25) is 0 Å². The fourth-order valence-corrected chi connectivity index (χ4v) is 2.68. The number of hydrogen-bond acceptors (Lipinski definition) is 6. The van der Waals surface area contributed by atoms with Gasteiger partial charge in [-0.25, -0.2) is 14.3 Å². The maximum atomic E-state index is 11.8. The van der Waals surface area contributed by atoms with E-state index in [2.05, 4.69) is 14.7 Å². The van der Waals surface area contributed by atoms with Crippen LogP contribution in [0.25, 0.3) is 0 Å². The number of aromatic nitrogens is 3. The Morgan fingerprint density at radius 3 is 2.91 bits per heavy atom. The van der Waals surface area contributed by atoms with Crippen LogP contribution >= 0.6 is 0 Å². The Morgan fingerprint density at radius 1 is 1.41 bits per heavy atom. The number of esters is 1. The van der Waals surface area contributed by atoms with E-state index in [0.717, 1.165) is 5.82 Å². The molecule has 8 nitrogen and oxygen atoms in total. The Hall–Kier alpha value is -2.35. The van der Waals surface area contributed by atoms with E-state index in [-0.39, 0.29) is 17.5 Å². The number of methoxy groups -OCH3 is 1. The molecule has 118 valence electrons. The highest BCUT2D eigenvalue weighted by molar-refractivity contribution is 5.86. The van der Waals surface area contributed by atoms with E-state index in [9.17, 15) is 9.59 Å². The number of rotatable bonds is 3. The van der Waals surface area contributed by atoms with E-state index in [1.54, 1.807) is 23.7 Å². The first kappa shape index (κ1) is 14.6. The van der Waals surface area contributed by atoms with Gasteiger partial charge in [-0.1, -0.05) is 0 Å². The Balaban J connectivity index is 1.79. The van der Waals surface area contributed by atoms with Gasteiger partial charge in [0.1, 0.15) is 11.6 Å². The van der Waals surface area contributed by atoms with Crippen LogP contribution in [-0.2, 0) is 24.9 Å². The van der Waals surface area contributed by atoms with Gasteiger partial charge in [-0.3, -0.25) is 9.47 Å². The number of fused-ring (bicyclic) bond motifs is 1. The van der Waals surface area contributed by atoms with Gasteiger partial charge in [-0.2, -0.15) is 5.10 Å². The van der Waals surface area contributed by atoms with Crippen LogP contribution in [0.4, 0.5) is 0 Å². The Bertz CT molecular complexity index is 757. The van der Waals surface area contributed by atoms with Crippen LogP contribution in [0.1, 0.15) is 35.1 Å². The first-order valence-corrected chi connectivity index (χ1v) is 7.06. The quantitative estimate of drug-likeness (QED) is 0.770. The molecule has 1 aliphatic heterocycles. The summed E-state index contributed by atoms with van der Waals surface area (Å²) in [6.07, 6.45) is 0. The molecule has 0 saturated carbocycles. The number of hydrogen-bond donors (Lipinski definition) is 0. The summed E-state index contributed by atoms with van der Waals surface area (Å²) in [6.45, 7) is 3.87. The summed E-state index contributed by atoms with van der Waals surface area (Å²) in [5.41, 5.74) is -0.0896. The molecule has 0 N–H and O–H groups in total. The number of carbonyl (C=O) groups excluding carboxylic acids is 1. The molecule has 0 aromatic carbocycles. The van der Waals surface area contributed by atoms with Gasteiger partial charge in [0.05, 0.1) is 19.7 Å². The van der Waals surface area contributed by atoms with Crippen molar-refractivity contribution in [2.75, 3.05) is 13.7 Å². The SMILES string of the molecule is COC(=O)c1ccc([C@H](C)N2CCn3c(nn(C)c3=O)C2)o1. The first-order chi connectivity index (χ1) is 10.5. The third kappa shape index (κ3) is 2.35. The van der Waals surface area contributed by atoms with Gasteiger partial charge < -0.3 is 9.15 Å². The highest BCUT2D eigenvalue weighted by Crippen LogP contribution is 2.25. The molecule has 3 heterocycles. The van der Waals surface area contributed by atoms with E-state index in [0.29, 0.717) is 25.4 Å². The summed E-state index contributed by atoms with van der Waals surface area (Å²) in [7, 11) is 2.97. The molecule has 0 aliphatic carbocycles. The summed E-state index contributed by atoms with van der Waals surface area (Å²) in [5.74, 6) is 1.13. The third-order valence-corrected chi connectivity index (χ3v) is 4.01. The standard InChI is InChI=1S/C14H18N4O4/c1-9(10-4-5-11(22-10)13(19)21-3)17-6-7-18-12(8-17)15-16(2)14(18)20/h4-5,9H,6-8H2,1-3H3/t9-/m0/s1. The molecule has 1 aliphatic rings. The topological polar surface area (TPSA) is 82.5 Å². The van der Waals surface area contributed by atoms with E-state index in [4.69, 9.17) is 4.42 Å². The molecule has 8 heteroatoms. The average molecular weight is 306 g/mol. The predicted molar refractivity (Wildman–Crippen MR) is 76.3 cm³/mol. The Kier molecular flexibility index (Phi) is 3.61. The van der Waals surface area contributed by atoms with Crippen molar-refractivity contribution >= 4 is 5.97 Å².